The summed E-state index contributed by atoms with van der Waals surface area (Å²) in [7, 11) is 0. The number of nitrogens with one attached hydrogen (secondary N) is 1. The molecule has 15 heavy (non-hydrogen) atoms. The Hall–Kier alpha value is -1.05. The molecule has 5 heteroatoms. The minimum atomic E-state index is -0.213. The van der Waals surface area contributed by atoms with E-state index in [2.05, 4.69) is 32.2 Å². The van der Waals surface area contributed by atoms with E-state index in [4.69, 9.17) is 18.0 Å². The second-order valence-corrected chi connectivity index (χ2v) is 3.92. The van der Waals surface area contributed by atoms with Crippen molar-refractivity contribution < 1.29 is 4.79 Å². The van der Waals surface area contributed by atoms with E-state index < -0.39 is 0 Å². The molecule has 0 aliphatic rings. The third kappa shape index (κ3) is 3.54. The number of hydrogen-bond acceptors (Lipinski definition) is 2. The fraction of sp³-hybridized carbons (Fsp3) is 0.200. The molecule has 0 spiro atoms. The van der Waals surface area contributed by atoms with Gasteiger partial charge in [0.2, 0.25) is 0 Å². The van der Waals surface area contributed by atoms with E-state index >= 15 is 0 Å². The van der Waals surface area contributed by atoms with Crippen LogP contribution < -0.4 is 5.32 Å². The van der Waals surface area contributed by atoms with Crippen molar-refractivity contribution in [1.29, 1.82) is 0 Å². The molecule has 0 aliphatic carbocycles. The highest BCUT2D eigenvalue weighted by molar-refractivity contribution is 9.10. The summed E-state index contributed by atoms with van der Waals surface area (Å²) in [5.74, 6) is 2.22. The zero-order chi connectivity index (χ0) is 11.3. The maximum atomic E-state index is 11.5. The van der Waals surface area contributed by atoms with Gasteiger partial charge < -0.3 is 5.32 Å². The Kier molecular flexibility index (Phi) is 4.60. The van der Waals surface area contributed by atoms with Crippen molar-refractivity contribution in [3.05, 3.63) is 27.5 Å². The minimum Gasteiger partial charge on any atom is -0.351 e. The molecule has 0 unspecified atom stereocenters. The van der Waals surface area contributed by atoms with Crippen LogP contribution in [0.25, 0.3) is 0 Å². The van der Waals surface area contributed by atoms with Crippen LogP contribution in [0.4, 0.5) is 0 Å². The van der Waals surface area contributed by atoms with Gasteiger partial charge in [-0.25, -0.2) is 4.98 Å². The van der Waals surface area contributed by atoms with Crippen LogP contribution in [0.5, 0.6) is 0 Å². The Bertz CT molecular complexity index is 414. The van der Waals surface area contributed by atoms with Crippen molar-refractivity contribution in [3.63, 3.8) is 0 Å². The Labute approximate surface area is 101 Å². The number of carbonyl (C=O) groups excluding carboxylic acids is 1. The van der Waals surface area contributed by atoms with E-state index in [0.717, 1.165) is 0 Å². The molecule has 1 amide bonds. The number of hydrogen-bond donors (Lipinski definition) is 1. The van der Waals surface area contributed by atoms with Gasteiger partial charge in [0.15, 0.2) is 0 Å². The van der Waals surface area contributed by atoms with Gasteiger partial charge in [-0.1, -0.05) is 11.6 Å². The average Bonchev–Trinajstić information content (AvgIpc) is 2.22. The summed E-state index contributed by atoms with van der Waals surface area (Å²) in [6.45, 7) is 0.454. The number of rotatable bonds is 3. The molecule has 3 nitrogen and oxygen atoms in total. The molecule has 1 rings (SSSR count). The van der Waals surface area contributed by atoms with Crippen LogP contribution in [0.3, 0.4) is 0 Å². The summed E-state index contributed by atoms with van der Waals surface area (Å²) in [5, 5.41) is 2.99. The monoisotopic (exact) mass is 286 g/mol. The molecule has 1 N–H and O–H groups in total. The highest BCUT2D eigenvalue weighted by Crippen LogP contribution is 2.20. The van der Waals surface area contributed by atoms with E-state index in [9.17, 15) is 4.79 Å². The van der Waals surface area contributed by atoms with Crippen LogP contribution in [-0.4, -0.2) is 17.4 Å². The molecular formula is C10H8BrClN2O. The first kappa shape index (κ1) is 12.0. The van der Waals surface area contributed by atoms with E-state index in [-0.39, 0.29) is 5.91 Å². The third-order valence-corrected chi connectivity index (χ3v) is 2.75. The van der Waals surface area contributed by atoms with Gasteiger partial charge in [0.05, 0.1) is 10.0 Å². The summed E-state index contributed by atoms with van der Waals surface area (Å²) in [6, 6.07) is 1.61. The summed E-state index contributed by atoms with van der Waals surface area (Å²) in [6.07, 6.45) is 6.98. The summed E-state index contributed by atoms with van der Waals surface area (Å²) in [5.41, 5.74) is 0.447. The zero-order valence-corrected chi connectivity index (χ0v) is 10.1. The Morgan fingerprint density at radius 2 is 2.47 bits per heavy atom. The molecule has 1 heterocycles. The number of nitrogens with zero attached hydrogens (tertiary/aromatic N) is 1. The lowest BCUT2D eigenvalue weighted by molar-refractivity contribution is 0.0954. The highest BCUT2D eigenvalue weighted by atomic mass is 79.9. The molecule has 0 bridgehead atoms. The van der Waals surface area contributed by atoms with Crippen LogP contribution in [-0.2, 0) is 0 Å². The van der Waals surface area contributed by atoms with Gasteiger partial charge in [0, 0.05) is 19.2 Å². The molecule has 0 radical (unpaired) electrons. The van der Waals surface area contributed by atoms with Gasteiger partial charge in [0.1, 0.15) is 5.15 Å². The number of amides is 1. The molecule has 78 valence electrons. The van der Waals surface area contributed by atoms with Crippen LogP contribution in [0.2, 0.25) is 5.15 Å². The number of aromatic nitrogens is 1. The molecule has 0 aromatic carbocycles. The lowest BCUT2D eigenvalue weighted by atomic mass is 10.2. The molecule has 0 fully saturated rings. The van der Waals surface area contributed by atoms with Gasteiger partial charge >= 0.3 is 0 Å². The van der Waals surface area contributed by atoms with E-state index in [0.29, 0.717) is 28.2 Å². The quantitative estimate of drug-likeness (QED) is 0.526. The van der Waals surface area contributed by atoms with Crippen LogP contribution in [0, 0.1) is 12.3 Å². The minimum absolute atomic E-state index is 0.213. The fourth-order valence-corrected chi connectivity index (χ4v) is 1.35. The van der Waals surface area contributed by atoms with Crippen LogP contribution in [0.15, 0.2) is 16.7 Å². The number of terminal acetylenes is 1. The first-order valence-electron chi connectivity index (χ1n) is 4.18. The van der Waals surface area contributed by atoms with Crippen molar-refractivity contribution in [1.82, 2.24) is 10.3 Å². The Morgan fingerprint density at radius 1 is 1.73 bits per heavy atom. The lowest BCUT2D eigenvalue weighted by Gasteiger charge is -2.03. The van der Waals surface area contributed by atoms with Crippen LogP contribution in [0.1, 0.15) is 16.8 Å². The first-order valence-corrected chi connectivity index (χ1v) is 5.35. The summed E-state index contributed by atoms with van der Waals surface area (Å²) < 4.78 is 0.591. The van der Waals surface area contributed by atoms with E-state index in [1.807, 2.05) is 0 Å². The van der Waals surface area contributed by atoms with Crippen molar-refractivity contribution in [2.24, 2.45) is 0 Å². The number of halogens is 2. The topological polar surface area (TPSA) is 42.0 Å². The summed E-state index contributed by atoms with van der Waals surface area (Å²) >= 11 is 8.89. The third-order valence-electron chi connectivity index (χ3n) is 1.61. The molecule has 0 aliphatic heterocycles. The molecule has 0 atom stereocenters. The van der Waals surface area contributed by atoms with Gasteiger partial charge in [-0.2, -0.15) is 0 Å². The smallest absolute Gasteiger partial charge is 0.252 e. The second kappa shape index (κ2) is 5.74. The first-order chi connectivity index (χ1) is 7.15. The fourth-order valence-electron chi connectivity index (χ4n) is 0.896. The van der Waals surface area contributed by atoms with Crippen molar-refractivity contribution in [2.75, 3.05) is 6.54 Å². The molecule has 1 aromatic heterocycles. The molecule has 1 aromatic rings. The number of carbonyl (C=O) groups is 1. The largest absolute Gasteiger partial charge is 0.351 e. The average molecular weight is 288 g/mol. The van der Waals surface area contributed by atoms with Gasteiger partial charge in [-0.15, -0.1) is 12.3 Å². The molecule has 0 saturated carbocycles. The Balaban J connectivity index is 2.67. The highest BCUT2D eigenvalue weighted by Gasteiger charge is 2.07. The summed E-state index contributed by atoms with van der Waals surface area (Å²) in [4.78, 5) is 15.3. The maximum Gasteiger partial charge on any atom is 0.252 e. The zero-order valence-electron chi connectivity index (χ0n) is 7.76. The van der Waals surface area contributed by atoms with Crippen molar-refractivity contribution in [3.8, 4) is 12.3 Å². The van der Waals surface area contributed by atoms with Gasteiger partial charge in [-0.05, 0) is 22.0 Å². The predicted molar refractivity (Wildman–Crippen MR) is 62.7 cm³/mol. The lowest BCUT2D eigenvalue weighted by Crippen LogP contribution is -2.24. The second-order valence-electron chi connectivity index (χ2n) is 2.71. The standard InChI is InChI=1S/C10H8BrClN2O/c1-2-3-4-13-10(15)7-5-8(11)9(12)14-6-7/h1,5-6H,3-4H2,(H,13,15). The Morgan fingerprint density at radius 3 is 3.07 bits per heavy atom. The van der Waals surface area contributed by atoms with E-state index in [1.165, 1.54) is 6.20 Å². The SMILES string of the molecule is C#CCCNC(=O)c1cnc(Cl)c(Br)c1. The van der Waals surface area contributed by atoms with Crippen LogP contribution >= 0.6 is 27.5 Å². The predicted octanol–water partition coefficient (Wildman–Crippen LogP) is 2.25. The maximum absolute atomic E-state index is 11.5. The van der Waals surface area contributed by atoms with Gasteiger partial charge in [0.25, 0.3) is 5.91 Å². The van der Waals surface area contributed by atoms with Crippen molar-refractivity contribution in [2.45, 2.75) is 6.42 Å². The number of pyridine rings is 1. The molecule has 0 saturated heterocycles. The molecular weight excluding hydrogens is 279 g/mol. The van der Waals surface area contributed by atoms with Crippen molar-refractivity contribution >= 4 is 33.4 Å². The van der Waals surface area contributed by atoms with E-state index in [1.54, 1.807) is 6.07 Å². The normalized spacial score (nSPS) is 9.40. The van der Waals surface area contributed by atoms with Gasteiger partial charge in [-0.3, -0.25) is 4.79 Å².